The molecule has 0 aliphatic rings. The molecule has 4 rings (SSSR count). The fourth-order valence-electron chi connectivity index (χ4n) is 3.06. The second kappa shape index (κ2) is 10.2. The van der Waals surface area contributed by atoms with Crippen molar-refractivity contribution in [3.63, 3.8) is 0 Å². The maximum absolute atomic E-state index is 4.72. The van der Waals surface area contributed by atoms with Gasteiger partial charge in [0.05, 0.1) is 12.8 Å². The van der Waals surface area contributed by atoms with Gasteiger partial charge in [-0.2, -0.15) is 5.10 Å². The summed E-state index contributed by atoms with van der Waals surface area (Å²) in [7, 11) is 4.04. The van der Waals surface area contributed by atoms with E-state index in [-0.39, 0.29) is 0 Å². The summed E-state index contributed by atoms with van der Waals surface area (Å²) in [6.07, 6.45) is 2.80. The number of fused-ring (bicyclic) bond motifs is 1. The van der Waals surface area contributed by atoms with Crippen LogP contribution >= 0.6 is 11.8 Å². The molecule has 1 N–H and O–H groups in total. The number of nitrogens with one attached hydrogen (secondary N) is 1. The van der Waals surface area contributed by atoms with Crippen LogP contribution in [-0.2, 0) is 6.54 Å². The molecule has 0 bridgehead atoms. The SMILES string of the molecule is CCCSc1nc(N/N=C/c2ccc(N(C)C)cc2)c2nnn(Cc3ccccc3)c2n1. The quantitative estimate of drug-likeness (QED) is 0.178. The summed E-state index contributed by atoms with van der Waals surface area (Å²) in [5.74, 6) is 1.49. The van der Waals surface area contributed by atoms with E-state index in [4.69, 9.17) is 4.98 Å². The summed E-state index contributed by atoms with van der Waals surface area (Å²) in [6, 6.07) is 18.3. The van der Waals surface area contributed by atoms with Crippen LogP contribution in [0.15, 0.2) is 64.9 Å². The van der Waals surface area contributed by atoms with Gasteiger partial charge < -0.3 is 4.90 Å². The molecule has 2 heterocycles. The molecule has 0 aliphatic carbocycles. The lowest BCUT2D eigenvalue weighted by Gasteiger charge is -2.11. The van der Waals surface area contributed by atoms with Crippen molar-refractivity contribution in [1.82, 2.24) is 25.0 Å². The Morgan fingerprint density at radius 3 is 2.56 bits per heavy atom. The van der Waals surface area contributed by atoms with Crippen molar-refractivity contribution in [3.8, 4) is 0 Å². The van der Waals surface area contributed by atoms with E-state index in [2.05, 4.69) is 61.9 Å². The molecule has 8 nitrogen and oxygen atoms in total. The summed E-state index contributed by atoms with van der Waals surface area (Å²) in [4.78, 5) is 11.4. The van der Waals surface area contributed by atoms with Crippen molar-refractivity contribution in [1.29, 1.82) is 0 Å². The maximum atomic E-state index is 4.72. The van der Waals surface area contributed by atoms with Crippen molar-refractivity contribution in [2.24, 2.45) is 5.10 Å². The third kappa shape index (κ3) is 5.23. The van der Waals surface area contributed by atoms with Crippen LogP contribution in [0.3, 0.4) is 0 Å². The average molecular weight is 447 g/mol. The van der Waals surface area contributed by atoms with Crippen LogP contribution in [0.2, 0.25) is 0 Å². The fourth-order valence-corrected chi connectivity index (χ4v) is 3.75. The van der Waals surface area contributed by atoms with Gasteiger partial charge in [0.1, 0.15) is 0 Å². The molecule has 0 aliphatic heterocycles. The molecule has 0 atom stereocenters. The zero-order chi connectivity index (χ0) is 22.3. The van der Waals surface area contributed by atoms with Gasteiger partial charge in [0.15, 0.2) is 22.1 Å². The van der Waals surface area contributed by atoms with Gasteiger partial charge >= 0.3 is 0 Å². The van der Waals surface area contributed by atoms with Crippen LogP contribution in [0.5, 0.6) is 0 Å². The Morgan fingerprint density at radius 2 is 1.84 bits per heavy atom. The molecule has 2 aromatic heterocycles. The minimum Gasteiger partial charge on any atom is -0.378 e. The molecular weight excluding hydrogens is 420 g/mol. The zero-order valence-electron chi connectivity index (χ0n) is 18.4. The Kier molecular flexibility index (Phi) is 6.96. The molecular formula is C23H26N8S. The standard InChI is InChI=1S/C23H26N8S/c1-4-14-32-23-25-21(28-24-15-17-10-12-19(13-11-17)30(2)3)20-22(26-23)31(29-27-20)16-18-8-6-5-7-9-18/h5-13,15H,4,14,16H2,1-3H3,(H,25,26,28)/b24-15+. The van der Waals surface area contributed by atoms with E-state index >= 15 is 0 Å². The predicted octanol–water partition coefficient (Wildman–Crippen LogP) is 4.28. The summed E-state index contributed by atoms with van der Waals surface area (Å²) in [5.41, 5.74) is 7.60. The summed E-state index contributed by atoms with van der Waals surface area (Å²) >= 11 is 1.61. The lowest BCUT2D eigenvalue weighted by Crippen LogP contribution is -2.08. The monoisotopic (exact) mass is 446 g/mol. The molecule has 0 fully saturated rings. The van der Waals surface area contributed by atoms with Crippen molar-refractivity contribution in [2.75, 3.05) is 30.2 Å². The second-order valence-electron chi connectivity index (χ2n) is 7.46. The summed E-state index contributed by atoms with van der Waals surface area (Å²) < 4.78 is 1.80. The van der Waals surface area contributed by atoms with Crippen molar-refractivity contribution in [3.05, 3.63) is 65.7 Å². The molecule has 4 aromatic rings. The zero-order valence-corrected chi connectivity index (χ0v) is 19.3. The fraction of sp³-hybridized carbons (Fsp3) is 0.261. The van der Waals surface area contributed by atoms with Crippen molar-refractivity contribution >= 4 is 40.6 Å². The molecule has 0 radical (unpaired) electrons. The highest BCUT2D eigenvalue weighted by atomic mass is 32.2. The minimum absolute atomic E-state index is 0.550. The molecule has 0 spiro atoms. The molecule has 0 saturated heterocycles. The average Bonchev–Trinajstić information content (AvgIpc) is 3.21. The van der Waals surface area contributed by atoms with Crippen LogP contribution in [0.25, 0.3) is 11.2 Å². The highest BCUT2D eigenvalue weighted by molar-refractivity contribution is 7.99. The highest BCUT2D eigenvalue weighted by Crippen LogP contribution is 2.24. The van der Waals surface area contributed by atoms with E-state index in [1.165, 1.54) is 0 Å². The first-order valence-electron chi connectivity index (χ1n) is 10.5. The molecule has 164 valence electrons. The lowest BCUT2D eigenvalue weighted by molar-refractivity contribution is 0.661. The number of rotatable bonds is 9. The van der Waals surface area contributed by atoms with Gasteiger partial charge in [0, 0.05) is 25.5 Å². The van der Waals surface area contributed by atoms with Crippen LogP contribution < -0.4 is 10.3 Å². The normalized spacial score (nSPS) is 11.3. The van der Waals surface area contributed by atoms with E-state index < -0.39 is 0 Å². The number of aromatic nitrogens is 5. The van der Waals surface area contributed by atoms with Crippen LogP contribution in [-0.4, -0.2) is 51.0 Å². The Balaban J connectivity index is 1.60. The van der Waals surface area contributed by atoms with Gasteiger partial charge in [-0.3, -0.25) is 5.43 Å². The van der Waals surface area contributed by atoms with Gasteiger partial charge in [-0.05, 0) is 29.7 Å². The molecule has 0 amide bonds. The van der Waals surface area contributed by atoms with E-state index in [1.807, 2.05) is 44.4 Å². The first-order chi connectivity index (χ1) is 15.6. The predicted molar refractivity (Wildman–Crippen MR) is 132 cm³/mol. The third-order valence-electron chi connectivity index (χ3n) is 4.75. The smallest absolute Gasteiger partial charge is 0.191 e. The minimum atomic E-state index is 0.550. The number of hydrogen-bond donors (Lipinski definition) is 1. The second-order valence-corrected chi connectivity index (χ2v) is 8.53. The number of benzene rings is 2. The van der Waals surface area contributed by atoms with Crippen LogP contribution in [0.1, 0.15) is 24.5 Å². The first-order valence-corrected chi connectivity index (χ1v) is 11.5. The van der Waals surface area contributed by atoms with Gasteiger partial charge in [0.2, 0.25) is 0 Å². The number of hydrogen-bond acceptors (Lipinski definition) is 8. The third-order valence-corrected chi connectivity index (χ3v) is 5.80. The van der Waals surface area contributed by atoms with Gasteiger partial charge in [0.25, 0.3) is 0 Å². The van der Waals surface area contributed by atoms with Gasteiger partial charge in [-0.15, -0.1) is 5.10 Å². The van der Waals surface area contributed by atoms with Crippen LogP contribution in [0.4, 0.5) is 11.5 Å². The maximum Gasteiger partial charge on any atom is 0.191 e. The first kappa shape index (κ1) is 21.8. The number of anilines is 2. The van der Waals surface area contributed by atoms with Gasteiger partial charge in [-0.1, -0.05) is 66.4 Å². The Morgan fingerprint density at radius 1 is 1.06 bits per heavy atom. The summed E-state index contributed by atoms with van der Waals surface area (Å²) in [5, 5.41) is 13.7. The number of nitrogens with zero attached hydrogens (tertiary/aromatic N) is 7. The van der Waals surface area contributed by atoms with Crippen molar-refractivity contribution < 1.29 is 0 Å². The molecule has 2 aromatic carbocycles. The molecule has 0 unspecified atom stereocenters. The molecule has 0 saturated carbocycles. The van der Waals surface area contributed by atoms with Gasteiger partial charge in [-0.25, -0.2) is 14.6 Å². The molecule has 32 heavy (non-hydrogen) atoms. The summed E-state index contributed by atoms with van der Waals surface area (Å²) in [6.45, 7) is 2.73. The van der Waals surface area contributed by atoms with E-state index in [0.29, 0.717) is 28.7 Å². The lowest BCUT2D eigenvalue weighted by atomic mass is 10.2. The topological polar surface area (TPSA) is 84.1 Å². The van der Waals surface area contributed by atoms with E-state index in [9.17, 15) is 0 Å². The number of hydrazone groups is 1. The van der Waals surface area contributed by atoms with Crippen LogP contribution in [0, 0.1) is 0 Å². The largest absolute Gasteiger partial charge is 0.378 e. The molecule has 9 heteroatoms. The van der Waals surface area contributed by atoms with Crippen molar-refractivity contribution in [2.45, 2.75) is 25.0 Å². The Bertz CT molecular complexity index is 1190. The Hall–Kier alpha value is -3.46. The Labute approximate surface area is 191 Å². The van der Waals surface area contributed by atoms with E-state index in [1.54, 1.807) is 22.7 Å². The van der Waals surface area contributed by atoms with E-state index in [0.717, 1.165) is 29.0 Å². The number of thioether (sulfide) groups is 1. The highest BCUT2D eigenvalue weighted by Gasteiger charge is 2.15.